The Kier molecular flexibility index (Phi) is 4.29. The number of ether oxygens (including phenoxy) is 1. The van der Waals surface area contributed by atoms with Crippen LogP contribution in [0, 0.1) is 0 Å². The molecule has 122 valence electrons. The van der Waals surface area contributed by atoms with Crippen molar-refractivity contribution in [3.63, 3.8) is 0 Å². The standard InChI is InChI=1S/C18H13BrCl2N2O/c19-11-2-7-15-14(10-11)16(21)17(18(22-15)23-8-1-9-23)24-13-5-3-12(20)4-6-13/h2-7,10H,1,8-9H2. The third-order valence-corrected chi connectivity index (χ3v) is 5.13. The van der Waals surface area contributed by atoms with Gasteiger partial charge in [-0.05, 0) is 48.9 Å². The highest BCUT2D eigenvalue weighted by Gasteiger charge is 2.24. The molecule has 0 amide bonds. The highest BCUT2D eigenvalue weighted by molar-refractivity contribution is 9.10. The quantitative estimate of drug-likeness (QED) is 0.493. The molecule has 3 nitrogen and oxygen atoms in total. The number of aromatic nitrogens is 1. The van der Waals surface area contributed by atoms with Crippen molar-refractivity contribution >= 4 is 55.9 Å². The summed E-state index contributed by atoms with van der Waals surface area (Å²) in [5, 5.41) is 2.09. The van der Waals surface area contributed by atoms with Crippen molar-refractivity contribution in [2.24, 2.45) is 0 Å². The average molecular weight is 424 g/mol. The van der Waals surface area contributed by atoms with E-state index in [2.05, 4.69) is 20.8 Å². The Morgan fingerprint density at radius 3 is 2.46 bits per heavy atom. The number of halogens is 3. The van der Waals surface area contributed by atoms with Gasteiger partial charge in [0.05, 0.1) is 10.5 Å². The molecule has 0 unspecified atom stereocenters. The Balaban J connectivity index is 1.86. The van der Waals surface area contributed by atoms with Gasteiger partial charge in [-0.2, -0.15) is 0 Å². The van der Waals surface area contributed by atoms with Crippen molar-refractivity contribution in [3.8, 4) is 11.5 Å². The first kappa shape index (κ1) is 16.0. The molecule has 0 bridgehead atoms. The van der Waals surface area contributed by atoms with Crippen LogP contribution in [-0.2, 0) is 0 Å². The number of pyridine rings is 1. The molecular formula is C18H13BrCl2N2O. The second kappa shape index (κ2) is 6.43. The van der Waals surface area contributed by atoms with Crippen molar-refractivity contribution in [2.45, 2.75) is 6.42 Å². The SMILES string of the molecule is Clc1ccc(Oc2c(N3CCC3)nc3ccc(Br)cc3c2Cl)cc1. The summed E-state index contributed by atoms with van der Waals surface area (Å²) in [5.41, 5.74) is 0.855. The van der Waals surface area contributed by atoms with Gasteiger partial charge in [0.25, 0.3) is 0 Å². The van der Waals surface area contributed by atoms with E-state index in [0.717, 1.165) is 40.7 Å². The zero-order chi connectivity index (χ0) is 16.7. The summed E-state index contributed by atoms with van der Waals surface area (Å²) in [6.07, 6.45) is 1.15. The van der Waals surface area contributed by atoms with Crippen LogP contribution < -0.4 is 9.64 Å². The lowest BCUT2D eigenvalue weighted by Crippen LogP contribution is -2.37. The van der Waals surface area contributed by atoms with Crippen LogP contribution in [0.1, 0.15) is 6.42 Å². The number of anilines is 1. The third kappa shape index (κ3) is 2.94. The van der Waals surface area contributed by atoms with Gasteiger partial charge in [-0.25, -0.2) is 4.98 Å². The second-order valence-electron chi connectivity index (χ2n) is 5.64. The lowest BCUT2D eigenvalue weighted by atomic mass is 10.1. The van der Waals surface area contributed by atoms with Crippen LogP contribution in [0.3, 0.4) is 0 Å². The molecule has 0 atom stereocenters. The van der Waals surface area contributed by atoms with E-state index in [1.807, 2.05) is 30.3 Å². The molecule has 24 heavy (non-hydrogen) atoms. The monoisotopic (exact) mass is 422 g/mol. The first-order valence-corrected chi connectivity index (χ1v) is 9.14. The first-order chi connectivity index (χ1) is 11.6. The number of hydrogen-bond donors (Lipinski definition) is 0. The van der Waals surface area contributed by atoms with Gasteiger partial charge in [0.2, 0.25) is 0 Å². The Labute approximate surface area is 158 Å². The van der Waals surface area contributed by atoms with Crippen LogP contribution in [0.25, 0.3) is 10.9 Å². The zero-order valence-electron chi connectivity index (χ0n) is 12.6. The van der Waals surface area contributed by atoms with Crippen molar-refractivity contribution < 1.29 is 4.74 Å². The smallest absolute Gasteiger partial charge is 0.189 e. The van der Waals surface area contributed by atoms with E-state index in [1.165, 1.54) is 0 Å². The van der Waals surface area contributed by atoms with Gasteiger partial charge in [-0.15, -0.1) is 0 Å². The molecule has 1 saturated heterocycles. The molecule has 1 aliphatic heterocycles. The Morgan fingerprint density at radius 2 is 1.79 bits per heavy atom. The predicted octanol–water partition coefficient (Wildman–Crippen LogP) is 6.31. The summed E-state index contributed by atoms with van der Waals surface area (Å²) in [4.78, 5) is 6.96. The van der Waals surface area contributed by atoms with Crippen LogP contribution >= 0.6 is 39.1 Å². The maximum atomic E-state index is 6.69. The maximum Gasteiger partial charge on any atom is 0.189 e. The van der Waals surface area contributed by atoms with Crippen molar-refractivity contribution in [2.75, 3.05) is 18.0 Å². The fourth-order valence-electron chi connectivity index (χ4n) is 2.62. The van der Waals surface area contributed by atoms with Gasteiger partial charge >= 0.3 is 0 Å². The lowest BCUT2D eigenvalue weighted by Gasteiger charge is -2.33. The molecule has 0 radical (unpaired) electrons. The summed E-state index contributed by atoms with van der Waals surface area (Å²) in [6.45, 7) is 1.92. The summed E-state index contributed by atoms with van der Waals surface area (Å²) in [6, 6.07) is 13.1. The van der Waals surface area contributed by atoms with Gasteiger partial charge in [-0.1, -0.05) is 39.1 Å². The number of rotatable bonds is 3. The molecule has 2 heterocycles. The second-order valence-corrected chi connectivity index (χ2v) is 7.37. The zero-order valence-corrected chi connectivity index (χ0v) is 15.7. The van der Waals surface area contributed by atoms with Crippen LogP contribution in [0.4, 0.5) is 5.82 Å². The Morgan fingerprint density at radius 1 is 1.04 bits per heavy atom. The van der Waals surface area contributed by atoms with Crippen LogP contribution in [0.2, 0.25) is 10.0 Å². The molecule has 1 aromatic heterocycles. The predicted molar refractivity (Wildman–Crippen MR) is 103 cm³/mol. The minimum Gasteiger partial charge on any atom is -0.452 e. The third-order valence-electron chi connectivity index (χ3n) is 4.01. The minimum absolute atomic E-state index is 0.568. The first-order valence-electron chi connectivity index (χ1n) is 7.59. The fourth-order valence-corrected chi connectivity index (χ4v) is 3.38. The van der Waals surface area contributed by atoms with E-state index in [0.29, 0.717) is 21.5 Å². The number of nitrogens with zero attached hydrogens (tertiary/aromatic N) is 2. The summed E-state index contributed by atoms with van der Waals surface area (Å²) in [7, 11) is 0. The summed E-state index contributed by atoms with van der Waals surface area (Å²) >= 11 is 16.1. The molecule has 3 aromatic rings. The van der Waals surface area contributed by atoms with E-state index in [1.54, 1.807) is 12.1 Å². The topological polar surface area (TPSA) is 25.4 Å². The molecule has 6 heteroatoms. The molecule has 4 rings (SSSR count). The van der Waals surface area contributed by atoms with E-state index in [9.17, 15) is 0 Å². The molecule has 2 aromatic carbocycles. The fraction of sp³-hybridized carbons (Fsp3) is 0.167. The normalized spacial score (nSPS) is 13.9. The van der Waals surface area contributed by atoms with Gasteiger partial charge in [0, 0.05) is 28.0 Å². The molecule has 0 aliphatic carbocycles. The molecular weight excluding hydrogens is 411 g/mol. The van der Waals surface area contributed by atoms with Gasteiger partial charge in [-0.3, -0.25) is 0 Å². The minimum atomic E-state index is 0.568. The largest absolute Gasteiger partial charge is 0.452 e. The Bertz CT molecular complexity index is 911. The van der Waals surface area contributed by atoms with E-state index < -0.39 is 0 Å². The van der Waals surface area contributed by atoms with E-state index in [4.69, 9.17) is 32.9 Å². The molecule has 1 fully saturated rings. The molecule has 0 N–H and O–H groups in total. The number of benzene rings is 2. The van der Waals surface area contributed by atoms with E-state index >= 15 is 0 Å². The highest BCUT2D eigenvalue weighted by Crippen LogP contribution is 2.43. The van der Waals surface area contributed by atoms with Gasteiger partial charge in [0.1, 0.15) is 5.75 Å². The number of fused-ring (bicyclic) bond motifs is 1. The lowest BCUT2D eigenvalue weighted by molar-refractivity contribution is 0.474. The van der Waals surface area contributed by atoms with Crippen molar-refractivity contribution in [1.82, 2.24) is 4.98 Å². The molecule has 0 spiro atoms. The van der Waals surface area contributed by atoms with E-state index in [-0.39, 0.29) is 0 Å². The van der Waals surface area contributed by atoms with Crippen molar-refractivity contribution in [3.05, 3.63) is 57.0 Å². The van der Waals surface area contributed by atoms with Crippen LogP contribution in [-0.4, -0.2) is 18.1 Å². The maximum absolute atomic E-state index is 6.69. The Hall–Kier alpha value is -1.49. The van der Waals surface area contributed by atoms with Gasteiger partial charge in [0.15, 0.2) is 11.6 Å². The van der Waals surface area contributed by atoms with Crippen LogP contribution in [0.5, 0.6) is 11.5 Å². The summed E-state index contributed by atoms with van der Waals surface area (Å²) < 4.78 is 7.04. The van der Waals surface area contributed by atoms with Crippen LogP contribution in [0.15, 0.2) is 46.9 Å². The highest BCUT2D eigenvalue weighted by atomic mass is 79.9. The van der Waals surface area contributed by atoms with Crippen molar-refractivity contribution in [1.29, 1.82) is 0 Å². The summed E-state index contributed by atoms with van der Waals surface area (Å²) in [5.74, 6) is 2.06. The number of hydrogen-bond acceptors (Lipinski definition) is 3. The van der Waals surface area contributed by atoms with Gasteiger partial charge < -0.3 is 9.64 Å². The average Bonchev–Trinajstić information content (AvgIpc) is 2.52. The molecule has 0 saturated carbocycles. The molecule has 1 aliphatic rings.